The van der Waals surface area contributed by atoms with Gasteiger partial charge in [-0.1, -0.05) is 41.4 Å². The number of hydrogen-bond donors (Lipinski definition) is 0. The van der Waals surface area contributed by atoms with E-state index in [1.807, 2.05) is 34.9 Å². The summed E-state index contributed by atoms with van der Waals surface area (Å²) >= 11 is 13.3. The number of aromatic nitrogens is 1. The molecule has 1 amide bonds. The lowest BCUT2D eigenvalue weighted by Gasteiger charge is -2.27. The van der Waals surface area contributed by atoms with E-state index in [2.05, 4.69) is 0 Å². The number of ether oxygens (including phenoxy) is 1. The SMILES string of the molecule is O=C(c1ccc(Cl)c(Cc2cc3cc(C(F)(F)F)ccc3n2-c2ccccc2)c1Cl)N1CCOCC1. The summed E-state index contributed by atoms with van der Waals surface area (Å²) in [6.07, 6.45) is -4.24. The third-order valence-electron chi connectivity index (χ3n) is 6.29. The van der Waals surface area contributed by atoms with Gasteiger partial charge < -0.3 is 14.2 Å². The maximum Gasteiger partial charge on any atom is 0.416 e. The molecule has 1 aliphatic rings. The minimum atomic E-state index is -4.45. The fourth-order valence-corrected chi connectivity index (χ4v) is 5.09. The van der Waals surface area contributed by atoms with E-state index in [0.717, 1.165) is 17.8 Å². The van der Waals surface area contributed by atoms with Gasteiger partial charge in [-0.05, 0) is 54.1 Å². The highest BCUT2D eigenvalue weighted by Crippen LogP contribution is 2.36. The van der Waals surface area contributed by atoms with E-state index in [1.165, 1.54) is 6.07 Å². The minimum absolute atomic E-state index is 0.209. The molecular weight excluding hydrogens is 512 g/mol. The number of fused-ring (bicyclic) bond motifs is 1. The number of para-hydroxylation sites is 1. The molecule has 0 atom stereocenters. The Morgan fingerprint density at radius 1 is 0.944 bits per heavy atom. The van der Waals surface area contributed by atoms with Gasteiger partial charge in [0.15, 0.2) is 0 Å². The van der Waals surface area contributed by atoms with E-state index < -0.39 is 11.7 Å². The normalized spacial score (nSPS) is 14.4. The maximum atomic E-state index is 13.4. The molecule has 1 aromatic heterocycles. The maximum absolute atomic E-state index is 13.4. The number of alkyl halides is 3. The molecule has 9 heteroatoms. The van der Waals surface area contributed by atoms with Gasteiger partial charge in [-0.25, -0.2) is 0 Å². The number of halogens is 5. The van der Waals surface area contributed by atoms with Crippen LogP contribution in [0.1, 0.15) is 27.2 Å². The lowest BCUT2D eigenvalue weighted by atomic mass is 10.0. The van der Waals surface area contributed by atoms with E-state index in [0.29, 0.717) is 59.0 Å². The highest BCUT2D eigenvalue weighted by atomic mass is 35.5. The van der Waals surface area contributed by atoms with Gasteiger partial charge in [0.1, 0.15) is 0 Å². The van der Waals surface area contributed by atoms with Crippen LogP contribution in [0.25, 0.3) is 16.6 Å². The van der Waals surface area contributed by atoms with Crippen LogP contribution in [0.2, 0.25) is 10.0 Å². The van der Waals surface area contributed by atoms with Crippen LogP contribution >= 0.6 is 23.2 Å². The van der Waals surface area contributed by atoms with Crippen LogP contribution in [-0.4, -0.2) is 41.7 Å². The monoisotopic (exact) mass is 532 g/mol. The van der Waals surface area contributed by atoms with Gasteiger partial charge in [-0.15, -0.1) is 0 Å². The second-order valence-corrected chi connectivity index (χ2v) is 9.33. The summed E-state index contributed by atoms with van der Waals surface area (Å²) in [6.45, 7) is 1.86. The summed E-state index contributed by atoms with van der Waals surface area (Å²) in [5.74, 6) is -0.209. The van der Waals surface area contributed by atoms with Crippen molar-refractivity contribution in [3.05, 3.63) is 99.2 Å². The molecule has 0 bridgehead atoms. The summed E-state index contributed by atoms with van der Waals surface area (Å²) in [5.41, 5.74) is 2.25. The first-order valence-electron chi connectivity index (χ1n) is 11.3. The summed E-state index contributed by atoms with van der Waals surface area (Å²) in [5, 5.41) is 1.05. The van der Waals surface area contributed by atoms with Crippen LogP contribution < -0.4 is 0 Å². The van der Waals surface area contributed by atoms with Crippen LogP contribution in [0, 0.1) is 0 Å². The standard InChI is InChI=1S/C27H21Cl2F3N2O2/c28-23-8-7-21(26(35)33-10-12-36-13-11-33)25(29)22(23)16-20-15-17-14-18(27(30,31)32)6-9-24(17)34(20)19-4-2-1-3-5-19/h1-9,14-15H,10-13,16H2. The molecule has 4 aromatic rings. The number of morpholine rings is 1. The minimum Gasteiger partial charge on any atom is -0.378 e. The second kappa shape index (κ2) is 9.81. The lowest BCUT2D eigenvalue weighted by molar-refractivity contribution is -0.137. The van der Waals surface area contributed by atoms with Crippen molar-refractivity contribution in [2.24, 2.45) is 0 Å². The quantitative estimate of drug-likeness (QED) is 0.283. The number of carbonyl (C=O) groups is 1. The predicted octanol–water partition coefficient (Wildman–Crippen LogP) is 7.02. The topological polar surface area (TPSA) is 34.5 Å². The van der Waals surface area contributed by atoms with Gasteiger partial charge in [-0.3, -0.25) is 4.79 Å². The molecule has 0 unspecified atom stereocenters. The first kappa shape index (κ1) is 24.7. The fraction of sp³-hybridized carbons (Fsp3) is 0.222. The van der Waals surface area contributed by atoms with Crippen LogP contribution in [0.15, 0.2) is 66.7 Å². The van der Waals surface area contributed by atoms with Crippen molar-refractivity contribution in [2.45, 2.75) is 12.6 Å². The van der Waals surface area contributed by atoms with Gasteiger partial charge in [0.05, 0.1) is 34.9 Å². The molecule has 0 N–H and O–H groups in total. The largest absolute Gasteiger partial charge is 0.416 e. The first-order chi connectivity index (χ1) is 17.2. The summed E-state index contributed by atoms with van der Waals surface area (Å²) in [7, 11) is 0. The Labute approximate surface area is 215 Å². The zero-order valence-electron chi connectivity index (χ0n) is 19.0. The Balaban J connectivity index is 1.61. The number of nitrogens with zero attached hydrogens (tertiary/aromatic N) is 2. The Morgan fingerprint density at radius 2 is 1.67 bits per heavy atom. The van der Waals surface area contributed by atoms with Crippen molar-refractivity contribution in [3.8, 4) is 5.69 Å². The number of rotatable bonds is 4. The molecule has 4 nitrogen and oxygen atoms in total. The van der Waals surface area contributed by atoms with Gasteiger partial charge in [0.25, 0.3) is 5.91 Å². The molecule has 0 saturated carbocycles. The number of hydrogen-bond acceptors (Lipinski definition) is 2. The van der Waals surface area contributed by atoms with E-state index in [9.17, 15) is 18.0 Å². The van der Waals surface area contributed by atoms with Crippen LogP contribution in [-0.2, 0) is 17.3 Å². The molecule has 5 rings (SSSR count). The van der Waals surface area contributed by atoms with Crippen molar-refractivity contribution in [3.63, 3.8) is 0 Å². The van der Waals surface area contributed by atoms with E-state index in [1.54, 1.807) is 23.1 Å². The summed E-state index contributed by atoms with van der Waals surface area (Å²) < 4.78 is 47.4. The Morgan fingerprint density at radius 3 is 2.36 bits per heavy atom. The molecule has 0 radical (unpaired) electrons. The van der Waals surface area contributed by atoms with Crippen molar-refractivity contribution in [1.82, 2.24) is 9.47 Å². The van der Waals surface area contributed by atoms with E-state index in [-0.39, 0.29) is 17.4 Å². The number of amides is 1. The Kier molecular flexibility index (Phi) is 6.72. The Hall–Kier alpha value is -3.00. The highest BCUT2D eigenvalue weighted by Gasteiger charge is 2.31. The molecule has 0 aliphatic carbocycles. The molecule has 36 heavy (non-hydrogen) atoms. The molecular formula is C27H21Cl2F3N2O2. The second-order valence-electron chi connectivity index (χ2n) is 8.55. The van der Waals surface area contributed by atoms with Crippen molar-refractivity contribution < 1.29 is 22.7 Å². The van der Waals surface area contributed by atoms with Crippen molar-refractivity contribution in [1.29, 1.82) is 0 Å². The molecule has 1 saturated heterocycles. The first-order valence-corrected chi connectivity index (χ1v) is 12.1. The average molecular weight is 533 g/mol. The number of carbonyl (C=O) groups excluding carboxylic acids is 1. The Bertz CT molecular complexity index is 1430. The fourth-order valence-electron chi connectivity index (χ4n) is 4.50. The van der Waals surface area contributed by atoms with Gasteiger partial charge >= 0.3 is 6.18 Å². The lowest BCUT2D eigenvalue weighted by Crippen LogP contribution is -2.40. The van der Waals surface area contributed by atoms with Crippen molar-refractivity contribution in [2.75, 3.05) is 26.3 Å². The van der Waals surface area contributed by atoms with E-state index in [4.69, 9.17) is 27.9 Å². The average Bonchev–Trinajstić information content (AvgIpc) is 3.24. The van der Waals surface area contributed by atoms with Gasteiger partial charge in [0, 0.05) is 41.3 Å². The molecule has 1 aliphatic heterocycles. The molecule has 186 valence electrons. The predicted molar refractivity (Wildman–Crippen MR) is 134 cm³/mol. The van der Waals surface area contributed by atoms with Crippen LogP contribution in [0.4, 0.5) is 13.2 Å². The third kappa shape index (κ3) is 4.71. The third-order valence-corrected chi connectivity index (χ3v) is 7.08. The van der Waals surface area contributed by atoms with Gasteiger partial charge in [-0.2, -0.15) is 13.2 Å². The van der Waals surface area contributed by atoms with Gasteiger partial charge in [0.2, 0.25) is 0 Å². The summed E-state index contributed by atoms with van der Waals surface area (Å²) in [4.78, 5) is 14.8. The molecule has 2 heterocycles. The summed E-state index contributed by atoms with van der Waals surface area (Å²) in [6, 6.07) is 18.0. The van der Waals surface area contributed by atoms with Crippen LogP contribution in [0.3, 0.4) is 0 Å². The van der Waals surface area contributed by atoms with Crippen molar-refractivity contribution >= 4 is 40.0 Å². The highest BCUT2D eigenvalue weighted by molar-refractivity contribution is 6.38. The smallest absolute Gasteiger partial charge is 0.378 e. The molecule has 3 aromatic carbocycles. The zero-order valence-corrected chi connectivity index (χ0v) is 20.5. The zero-order chi connectivity index (χ0) is 25.4. The van der Waals surface area contributed by atoms with Crippen LogP contribution in [0.5, 0.6) is 0 Å². The molecule has 1 fully saturated rings. The number of benzene rings is 3. The van der Waals surface area contributed by atoms with E-state index >= 15 is 0 Å². The molecule has 0 spiro atoms.